The Balaban J connectivity index is 1.93. The number of hydrogen-bond acceptors (Lipinski definition) is 3. The van der Waals surface area contributed by atoms with Gasteiger partial charge in [0.05, 0.1) is 12.1 Å². The van der Waals surface area contributed by atoms with E-state index < -0.39 is 0 Å². The van der Waals surface area contributed by atoms with E-state index in [9.17, 15) is 9.59 Å². The lowest BCUT2D eigenvalue weighted by Gasteiger charge is -2.35. The molecule has 1 aromatic carbocycles. The zero-order valence-electron chi connectivity index (χ0n) is 13.6. The Morgan fingerprint density at radius 1 is 1.39 bits per heavy atom. The van der Waals surface area contributed by atoms with E-state index in [1.807, 2.05) is 4.90 Å². The summed E-state index contributed by atoms with van der Waals surface area (Å²) >= 11 is 6.03. The van der Waals surface area contributed by atoms with Crippen LogP contribution in [0.1, 0.15) is 39.0 Å². The molecule has 126 valence electrons. The van der Waals surface area contributed by atoms with Crippen molar-refractivity contribution in [2.75, 3.05) is 19.0 Å². The monoisotopic (exact) mass is 338 g/mol. The number of hydrogen-bond donors (Lipinski definition) is 1. The molecule has 2 rings (SSSR count). The molecule has 0 aliphatic carbocycles. The largest absolute Gasteiger partial charge is 0.495 e. The number of amides is 2. The second-order valence-corrected chi connectivity index (χ2v) is 6.13. The summed E-state index contributed by atoms with van der Waals surface area (Å²) in [6.45, 7) is 2.83. The second kappa shape index (κ2) is 8.20. The van der Waals surface area contributed by atoms with Gasteiger partial charge < -0.3 is 15.0 Å². The van der Waals surface area contributed by atoms with Crippen molar-refractivity contribution in [3.05, 3.63) is 23.2 Å². The van der Waals surface area contributed by atoms with Gasteiger partial charge in [0, 0.05) is 18.3 Å². The van der Waals surface area contributed by atoms with Gasteiger partial charge in [-0.3, -0.25) is 9.59 Å². The molecule has 1 fully saturated rings. The Kier molecular flexibility index (Phi) is 6.28. The van der Waals surface area contributed by atoms with E-state index in [-0.39, 0.29) is 24.3 Å². The first-order chi connectivity index (χ1) is 11.0. The van der Waals surface area contributed by atoms with E-state index in [1.165, 1.54) is 7.11 Å². The molecular formula is C17H23ClN2O3. The average molecular weight is 339 g/mol. The van der Waals surface area contributed by atoms with Crippen LogP contribution >= 0.6 is 11.6 Å². The fourth-order valence-corrected chi connectivity index (χ4v) is 3.20. The van der Waals surface area contributed by atoms with Gasteiger partial charge in [0.25, 0.3) is 0 Å². The summed E-state index contributed by atoms with van der Waals surface area (Å²) in [6.07, 6.45) is 3.98. The molecule has 1 N–H and O–H groups in total. The molecule has 2 amide bonds. The molecule has 5 nitrogen and oxygen atoms in total. The maximum absolute atomic E-state index is 12.4. The number of anilines is 1. The van der Waals surface area contributed by atoms with Gasteiger partial charge >= 0.3 is 0 Å². The van der Waals surface area contributed by atoms with Gasteiger partial charge in [0.2, 0.25) is 11.8 Å². The number of carbonyl (C=O) groups excluding carboxylic acids is 2. The number of rotatable bonds is 5. The molecule has 0 bridgehead atoms. The quantitative estimate of drug-likeness (QED) is 0.836. The number of methoxy groups -OCH3 is 1. The van der Waals surface area contributed by atoms with Gasteiger partial charge in [0.15, 0.2) is 0 Å². The van der Waals surface area contributed by atoms with E-state index in [4.69, 9.17) is 16.3 Å². The van der Waals surface area contributed by atoms with Crippen LogP contribution in [0, 0.1) is 0 Å². The first kappa shape index (κ1) is 17.6. The van der Waals surface area contributed by atoms with Crippen molar-refractivity contribution in [2.45, 2.75) is 45.1 Å². The lowest BCUT2D eigenvalue weighted by Crippen LogP contribution is -2.44. The second-order valence-electron chi connectivity index (χ2n) is 5.72. The molecule has 1 heterocycles. The lowest BCUT2D eigenvalue weighted by molar-refractivity contribution is -0.137. The number of likely N-dealkylation sites (tertiary alicyclic amines) is 1. The number of nitrogens with zero attached hydrogens (tertiary/aromatic N) is 1. The molecule has 0 radical (unpaired) electrons. The molecule has 23 heavy (non-hydrogen) atoms. The van der Waals surface area contributed by atoms with E-state index >= 15 is 0 Å². The van der Waals surface area contributed by atoms with Crippen LogP contribution in [0.2, 0.25) is 5.02 Å². The predicted molar refractivity (Wildman–Crippen MR) is 90.9 cm³/mol. The van der Waals surface area contributed by atoms with E-state index in [0.717, 1.165) is 32.2 Å². The highest BCUT2D eigenvalue weighted by atomic mass is 35.5. The minimum absolute atomic E-state index is 0.103. The Labute approximate surface area is 141 Å². The maximum atomic E-state index is 12.4. The number of ether oxygens (including phenoxy) is 1. The maximum Gasteiger partial charge on any atom is 0.233 e. The van der Waals surface area contributed by atoms with E-state index in [2.05, 4.69) is 12.2 Å². The molecule has 1 saturated heterocycles. The van der Waals surface area contributed by atoms with Crippen molar-refractivity contribution < 1.29 is 14.3 Å². The fourth-order valence-electron chi connectivity index (χ4n) is 2.94. The van der Waals surface area contributed by atoms with Crippen LogP contribution in [0.25, 0.3) is 0 Å². The summed E-state index contributed by atoms with van der Waals surface area (Å²) in [7, 11) is 1.53. The van der Waals surface area contributed by atoms with Crippen molar-refractivity contribution in [2.24, 2.45) is 0 Å². The van der Waals surface area contributed by atoms with Crippen LogP contribution in [-0.4, -0.2) is 36.4 Å². The summed E-state index contributed by atoms with van der Waals surface area (Å²) in [4.78, 5) is 26.3. The van der Waals surface area contributed by atoms with Gasteiger partial charge in [-0.05, 0) is 43.9 Å². The number of carbonyl (C=O) groups is 2. The van der Waals surface area contributed by atoms with Crippen molar-refractivity contribution >= 4 is 29.1 Å². The summed E-state index contributed by atoms with van der Waals surface area (Å²) < 4.78 is 5.07. The van der Waals surface area contributed by atoms with Gasteiger partial charge in [-0.25, -0.2) is 0 Å². The number of halogens is 1. The van der Waals surface area contributed by atoms with Crippen molar-refractivity contribution in [3.8, 4) is 5.75 Å². The van der Waals surface area contributed by atoms with Crippen molar-refractivity contribution in [1.29, 1.82) is 0 Å². The summed E-state index contributed by atoms with van der Waals surface area (Å²) in [5.74, 6) is 0.116. The van der Waals surface area contributed by atoms with Gasteiger partial charge in [-0.15, -0.1) is 0 Å². The molecule has 1 aromatic rings. The third-order valence-corrected chi connectivity index (χ3v) is 4.46. The van der Waals surface area contributed by atoms with E-state index in [0.29, 0.717) is 16.5 Å². The molecular weight excluding hydrogens is 316 g/mol. The minimum Gasteiger partial charge on any atom is -0.495 e. The third kappa shape index (κ3) is 4.61. The summed E-state index contributed by atoms with van der Waals surface area (Å²) in [5, 5.41) is 3.13. The topological polar surface area (TPSA) is 58.6 Å². The van der Waals surface area contributed by atoms with Crippen LogP contribution < -0.4 is 10.1 Å². The van der Waals surface area contributed by atoms with Crippen LogP contribution in [0.5, 0.6) is 5.75 Å². The van der Waals surface area contributed by atoms with Crippen LogP contribution in [0.4, 0.5) is 5.69 Å². The smallest absolute Gasteiger partial charge is 0.233 e. The van der Waals surface area contributed by atoms with Crippen molar-refractivity contribution in [3.63, 3.8) is 0 Å². The number of nitrogens with one attached hydrogen (secondary N) is 1. The summed E-state index contributed by atoms with van der Waals surface area (Å²) in [5.41, 5.74) is 0.555. The van der Waals surface area contributed by atoms with Crippen LogP contribution in [0.15, 0.2) is 18.2 Å². The Bertz CT molecular complexity index is 577. The molecule has 0 aromatic heterocycles. The third-order valence-electron chi connectivity index (χ3n) is 4.17. The standard InChI is InChI=1S/C17H23ClN2O3/c1-3-13-6-4-5-9-20(13)17(22)11-16(21)19-12-7-8-15(23-2)14(18)10-12/h7-8,10,13H,3-6,9,11H2,1-2H3,(H,19,21). The first-order valence-electron chi connectivity index (χ1n) is 7.98. The highest BCUT2D eigenvalue weighted by Crippen LogP contribution is 2.27. The SMILES string of the molecule is CCC1CCCCN1C(=O)CC(=O)Nc1ccc(OC)c(Cl)c1. The minimum atomic E-state index is -0.323. The highest BCUT2D eigenvalue weighted by Gasteiger charge is 2.26. The Morgan fingerprint density at radius 2 is 2.17 bits per heavy atom. The normalized spacial score (nSPS) is 17.7. The first-order valence-corrected chi connectivity index (χ1v) is 8.35. The molecule has 0 saturated carbocycles. The highest BCUT2D eigenvalue weighted by molar-refractivity contribution is 6.32. The number of benzene rings is 1. The number of piperidine rings is 1. The fraction of sp³-hybridized carbons (Fsp3) is 0.529. The summed E-state index contributed by atoms with van der Waals surface area (Å²) in [6, 6.07) is 5.25. The van der Waals surface area contributed by atoms with Gasteiger partial charge in [-0.2, -0.15) is 0 Å². The zero-order valence-corrected chi connectivity index (χ0v) is 14.4. The average Bonchev–Trinajstić information content (AvgIpc) is 2.54. The van der Waals surface area contributed by atoms with Crippen LogP contribution in [-0.2, 0) is 9.59 Å². The predicted octanol–water partition coefficient (Wildman–Crippen LogP) is 3.47. The van der Waals surface area contributed by atoms with Crippen molar-refractivity contribution in [1.82, 2.24) is 4.90 Å². The Morgan fingerprint density at radius 3 is 2.83 bits per heavy atom. The molecule has 0 spiro atoms. The van der Waals surface area contributed by atoms with Gasteiger partial charge in [-0.1, -0.05) is 18.5 Å². The molecule has 1 atom stereocenters. The molecule has 1 unspecified atom stereocenters. The molecule has 1 aliphatic heterocycles. The molecule has 6 heteroatoms. The molecule has 1 aliphatic rings. The van der Waals surface area contributed by atoms with Gasteiger partial charge in [0.1, 0.15) is 12.2 Å². The Hall–Kier alpha value is -1.75. The van der Waals surface area contributed by atoms with E-state index in [1.54, 1.807) is 18.2 Å². The lowest BCUT2D eigenvalue weighted by atomic mass is 9.99. The zero-order chi connectivity index (χ0) is 16.8. The van der Waals surface area contributed by atoms with Crippen LogP contribution in [0.3, 0.4) is 0 Å².